The molecule has 2 aromatic rings. The molecule has 0 aliphatic heterocycles. The Morgan fingerprint density at radius 2 is 1.53 bits per heavy atom. The molecule has 0 spiro atoms. The van der Waals surface area contributed by atoms with Gasteiger partial charge in [0, 0.05) is 0 Å². The lowest BCUT2D eigenvalue weighted by Crippen LogP contribution is -1.85. The second kappa shape index (κ2) is 5.49. The van der Waals surface area contributed by atoms with Crippen LogP contribution in [0.5, 0.6) is 0 Å². The summed E-state index contributed by atoms with van der Waals surface area (Å²) in [6, 6.07) is 17.1. The summed E-state index contributed by atoms with van der Waals surface area (Å²) >= 11 is 0. The summed E-state index contributed by atoms with van der Waals surface area (Å²) in [5.41, 5.74) is 5.33. The first kappa shape index (κ1) is 11.7. The summed E-state index contributed by atoms with van der Waals surface area (Å²) < 4.78 is 0. The molecular weight excluding hydrogens is 204 g/mol. The molecule has 0 heterocycles. The maximum atomic E-state index is 2.25. The van der Waals surface area contributed by atoms with Crippen LogP contribution in [-0.4, -0.2) is 0 Å². The van der Waals surface area contributed by atoms with E-state index in [1.165, 1.54) is 22.3 Å². The zero-order chi connectivity index (χ0) is 12.1. The van der Waals surface area contributed by atoms with Crippen LogP contribution in [0.2, 0.25) is 0 Å². The smallest absolute Gasteiger partial charge is 0.00939 e. The van der Waals surface area contributed by atoms with Crippen molar-refractivity contribution >= 4 is 6.08 Å². The lowest BCUT2D eigenvalue weighted by atomic mass is 10.0. The molecule has 0 aliphatic rings. The lowest BCUT2D eigenvalue weighted by molar-refractivity contribution is 1.23. The minimum absolute atomic E-state index is 0.997. The quantitative estimate of drug-likeness (QED) is 0.714. The van der Waals surface area contributed by atoms with Crippen LogP contribution in [0.25, 0.3) is 6.08 Å². The fourth-order valence-electron chi connectivity index (χ4n) is 2.08. The van der Waals surface area contributed by atoms with Crippen molar-refractivity contribution in [1.29, 1.82) is 0 Å². The Morgan fingerprint density at radius 3 is 2.18 bits per heavy atom. The monoisotopic (exact) mass is 222 g/mol. The fraction of sp³-hybridized carbons (Fsp3) is 0.176. The van der Waals surface area contributed by atoms with Crippen molar-refractivity contribution in [2.75, 3.05) is 0 Å². The van der Waals surface area contributed by atoms with Gasteiger partial charge in [0.15, 0.2) is 0 Å². The van der Waals surface area contributed by atoms with E-state index in [2.05, 4.69) is 68.5 Å². The van der Waals surface area contributed by atoms with Crippen molar-refractivity contribution in [3.05, 3.63) is 76.9 Å². The maximum Gasteiger partial charge on any atom is -0.00939 e. The molecule has 0 atom stereocenters. The van der Waals surface area contributed by atoms with Crippen LogP contribution >= 0.6 is 0 Å². The van der Waals surface area contributed by atoms with E-state index in [9.17, 15) is 0 Å². The van der Waals surface area contributed by atoms with Crippen molar-refractivity contribution in [3.63, 3.8) is 0 Å². The summed E-state index contributed by atoms with van der Waals surface area (Å²) in [5, 5.41) is 0. The van der Waals surface area contributed by atoms with Gasteiger partial charge < -0.3 is 0 Å². The van der Waals surface area contributed by atoms with Gasteiger partial charge in [-0.25, -0.2) is 0 Å². The predicted octanol–water partition coefficient (Wildman–Crippen LogP) is 4.56. The van der Waals surface area contributed by atoms with Gasteiger partial charge >= 0.3 is 0 Å². The molecule has 86 valence electrons. The van der Waals surface area contributed by atoms with E-state index >= 15 is 0 Å². The Labute approximate surface area is 104 Å². The largest absolute Gasteiger partial charge is 0.0795 e. The molecule has 2 aromatic carbocycles. The van der Waals surface area contributed by atoms with E-state index in [1.54, 1.807) is 0 Å². The van der Waals surface area contributed by atoms with E-state index in [4.69, 9.17) is 0 Å². The highest BCUT2D eigenvalue weighted by Gasteiger charge is 1.93. The minimum Gasteiger partial charge on any atom is -0.0795 e. The van der Waals surface area contributed by atoms with E-state index in [1.807, 2.05) is 6.07 Å². The second-order valence-corrected chi connectivity index (χ2v) is 4.51. The molecule has 0 bridgehead atoms. The van der Waals surface area contributed by atoms with Crippen molar-refractivity contribution < 1.29 is 0 Å². The van der Waals surface area contributed by atoms with Crippen LogP contribution in [0.1, 0.15) is 22.3 Å². The summed E-state index contributed by atoms with van der Waals surface area (Å²) in [7, 11) is 0. The highest BCUT2D eigenvalue weighted by atomic mass is 14.0. The Morgan fingerprint density at radius 1 is 0.882 bits per heavy atom. The van der Waals surface area contributed by atoms with Gasteiger partial charge in [-0.3, -0.25) is 0 Å². The van der Waals surface area contributed by atoms with Crippen LogP contribution in [0.4, 0.5) is 0 Å². The minimum atomic E-state index is 0.997. The first-order valence-electron chi connectivity index (χ1n) is 6.03. The van der Waals surface area contributed by atoms with Gasteiger partial charge in [0.2, 0.25) is 0 Å². The first-order chi connectivity index (χ1) is 8.24. The standard InChI is InChI=1S/C17H18/c1-14-11-15(2)13-17(12-14)10-6-9-16-7-4-3-5-8-16/h3-9,11-13H,10H2,1-2H3/b9-6+. The Hall–Kier alpha value is -1.82. The average Bonchev–Trinajstić information content (AvgIpc) is 2.29. The molecule has 0 nitrogen and oxygen atoms in total. The second-order valence-electron chi connectivity index (χ2n) is 4.51. The Kier molecular flexibility index (Phi) is 3.77. The number of hydrogen-bond acceptors (Lipinski definition) is 0. The Bertz CT molecular complexity index is 487. The molecule has 2 rings (SSSR count). The number of allylic oxidation sites excluding steroid dienone is 1. The first-order valence-corrected chi connectivity index (χ1v) is 6.03. The molecule has 0 aromatic heterocycles. The molecule has 0 amide bonds. The molecule has 0 N–H and O–H groups in total. The third-order valence-electron chi connectivity index (χ3n) is 2.74. The highest BCUT2D eigenvalue weighted by Crippen LogP contribution is 2.10. The molecule has 0 saturated heterocycles. The van der Waals surface area contributed by atoms with Crippen LogP contribution in [-0.2, 0) is 6.42 Å². The number of hydrogen-bond donors (Lipinski definition) is 0. The van der Waals surface area contributed by atoms with Gasteiger partial charge in [0.1, 0.15) is 0 Å². The summed E-state index contributed by atoms with van der Waals surface area (Å²) in [6.45, 7) is 4.30. The van der Waals surface area contributed by atoms with E-state index in [0.29, 0.717) is 0 Å². The number of rotatable bonds is 3. The summed E-state index contributed by atoms with van der Waals surface area (Å²) in [4.78, 5) is 0. The van der Waals surface area contributed by atoms with Crippen molar-refractivity contribution in [2.24, 2.45) is 0 Å². The van der Waals surface area contributed by atoms with Gasteiger partial charge in [-0.15, -0.1) is 0 Å². The van der Waals surface area contributed by atoms with Gasteiger partial charge in [-0.05, 0) is 31.4 Å². The van der Waals surface area contributed by atoms with Crippen LogP contribution < -0.4 is 0 Å². The van der Waals surface area contributed by atoms with E-state index in [0.717, 1.165) is 6.42 Å². The fourth-order valence-corrected chi connectivity index (χ4v) is 2.08. The van der Waals surface area contributed by atoms with Crippen molar-refractivity contribution in [2.45, 2.75) is 20.3 Å². The normalized spacial score (nSPS) is 10.9. The molecule has 0 fully saturated rings. The SMILES string of the molecule is Cc1cc(C)cc(C/C=C/c2ccccc2)c1. The molecule has 0 saturated carbocycles. The third-order valence-corrected chi connectivity index (χ3v) is 2.74. The van der Waals surface area contributed by atoms with Gasteiger partial charge in [-0.2, -0.15) is 0 Å². The van der Waals surface area contributed by atoms with Crippen LogP contribution in [0.15, 0.2) is 54.6 Å². The highest BCUT2D eigenvalue weighted by molar-refractivity contribution is 5.49. The summed E-state index contributed by atoms with van der Waals surface area (Å²) in [5.74, 6) is 0. The zero-order valence-electron chi connectivity index (χ0n) is 10.5. The van der Waals surface area contributed by atoms with Crippen LogP contribution in [0, 0.1) is 13.8 Å². The maximum absolute atomic E-state index is 2.25. The summed E-state index contributed by atoms with van der Waals surface area (Å²) in [6.07, 6.45) is 5.40. The topological polar surface area (TPSA) is 0 Å². The molecule has 0 heteroatoms. The molecule has 0 aliphatic carbocycles. The van der Waals surface area contributed by atoms with Gasteiger partial charge in [-0.1, -0.05) is 71.8 Å². The molecular formula is C17H18. The third kappa shape index (κ3) is 3.60. The molecule has 17 heavy (non-hydrogen) atoms. The zero-order valence-corrected chi connectivity index (χ0v) is 10.5. The van der Waals surface area contributed by atoms with E-state index in [-0.39, 0.29) is 0 Å². The van der Waals surface area contributed by atoms with Gasteiger partial charge in [0.25, 0.3) is 0 Å². The van der Waals surface area contributed by atoms with Crippen molar-refractivity contribution in [1.82, 2.24) is 0 Å². The Balaban J connectivity index is 2.05. The van der Waals surface area contributed by atoms with Gasteiger partial charge in [0.05, 0.1) is 0 Å². The van der Waals surface area contributed by atoms with E-state index < -0.39 is 0 Å². The number of aryl methyl sites for hydroxylation is 2. The molecule has 0 unspecified atom stereocenters. The van der Waals surface area contributed by atoms with Crippen LogP contribution in [0.3, 0.4) is 0 Å². The average molecular weight is 222 g/mol. The number of benzene rings is 2. The predicted molar refractivity (Wildman–Crippen MR) is 75.1 cm³/mol. The van der Waals surface area contributed by atoms with Crippen molar-refractivity contribution in [3.8, 4) is 0 Å². The molecule has 0 radical (unpaired) electrons. The lowest BCUT2D eigenvalue weighted by Gasteiger charge is -2.01.